The quantitative estimate of drug-likeness (QED) is 0.218. The van der Waals surface area contributed by atoms with E-state index in [1.165, 1.54) is 62.8 Å². The molecule has 0 aromatic heterocycles. The molecular weight excluding hydrogens is 524 g/mol. The van der Waals surface area contributed by atoms with Gasteiger partial charge in [-0.2, -0.15) is 0 Å². The molecule has 0 spiro atoms. The number of carbonyl (C=O) groups is 2. The molecule has 0 amide bonds. The van der Waals surface area contributed by atoms with Crippen LogP contribution in [-0.4, -0.2) is 45.8 Å². The van der Waals surface area contributed by atoms with Crippen molar-refractivity contribution in [2.45, 2.75) is 0 Å². The molecule has 40 heavy (non-hydrogen) atoms. The van der Waals surface area contributed by atoms with Crippen LogP contribution in [0, 0.1) is 20.2 Å². The Labute approximate surface area is 225 Å². The minimum absolute atomic E-state index is 0.141. The lowest BCUT2D eigenvalue weighted by Gasteiger charge is -2.22. The number of hydrogen-bond acceptors (Lipinski definition) is 10. The van der Waals surface area contributed by atoms with Gasteiger partial charge in [0.1, 0.15) is 34.1 Å². The molecule has 1 aliphatic rings. The molecule has 0 atom stereocenters. The SMILES string of the molecule is COc1ccc(-c2cc([N+](=O)[O-])c3c(c2O)C(=O)c2c(O)c(-c4ccc(OC)cc4)cc([N+](=O)[O-])c2C3=O)cc1. The number of rotatable bonds is 6. The highest BCUT2D eigenvalue weighted by atomic mass is 16.6. The summed E-state index contributed by atoms with van der Waals surface area (Å²) in [6.07, 6.45) is 0. The van der Waals surface area contributed by atoms with E-state index in [-0.39, 0.29) is 22.3 Å². The van der Waals surface area contributed by atoms with Crippen molar-refractivity contribution in [3.8, 4) is 45.3 Å². The summed E-state index contributed by atoms with van der Waals surface area (Å²) >= 11 is 0. The smallest absolute Gasteiger partial charge is 0.282 e. The fourth-order valence-electron chi connectivity index (χ4n) is 4.74. The Hall–Kier alpha value is -5.78. The number of benzene rings is 4. The molecule has 0 fully saturated rings. The van der Waals surface area contributed by atoms with E-state index in [0.29, 0.717) is 11.5 Å². The summed E-state index contributed by atoms with van der Waals surface area (Å²) in [5.74, 6) is -3.04. The Morgan fingerprint density at radius 3 is 1.23 bits per heavy atom. The van der Waals surface area contributed by atoms with Gasteiger partial charge in [-0.15, -0.1) is 0 Å². The molecule has 0 saturated carbocycles. The summed E-state index contributed by atoms with van der Waals surface area (Å²) in [6, 6.07) is 13.9. The van der Waals surface area contributed by atoms with Crippen molar-refractivity contribution in [2.24, 2.45) is 0 Å². The first-order chi connectivity index (χ1) is 19.1. The summed E-state index contributed by atoms with van der Waals surface area (Å²) in [5.41, 5.74) is -4.53. The van der Waals surface area contributed by atoms with Gasteiger partial charge in [-0.3, -0.25) is 29.8 Å². The molecule has 0 bridgehead atoms. The molecule has 2 N–H and O–H groups in total. The lowest BCUT2D eigenvalue weighted by molar-refractivity contribution is -0.385. The monoisotopic (exact) mass is 542 g/mol. The topological polar surface area (TPSA) is 179 Å². The van der Waals surface area contributed by atoms with Crippen LogP contribution in [0.4, 0.5) is 11.4 Å². The van der Waals surface area contributed by atoms with Gasteiger partial charge < -0.3 is 19.7 Å². The third-order valence-corrected chi connectivity index (χ3v) is 6.66. The number of ketones is 2. The standard InChI is InChI=1S/C28H18N2O10/c1-39-15-7-3-13(4-8-15)17-11-19(29(35)36)21-23(25(17)31)28(34)24-22(27(21)33)20(30(37)38)12-18(26(24)32)14-5-9-16(40-2)10-6-14/h3-12,31-32H,1-2H3. The van der Waals surface area contributed by atoms with E-state index >= 15 is 0 Å². The minimum atomic E-state index is -1.25. The number of carbonyl (C=O) groups excluding carboxylic acids is 2. The maximum atomic E-state index is 13.9. The summed E-state index contributed by atoms with van der Waals surface area (Å²) in [6.45, 7) is 0. The molecule has 200 valence electrons. The van der Waals surface area contributed by atoms with E-state index in [0.717, 1.165) is 12.1 Å². The zero-order valence-electron chi connectivity index (χ0n) is 20.8. The van der Waals surface area contributed by atoms with Crippen LogP contribution in [0.1, 0.15) is 31.8 Å². The zero-order valence-corrected chi connectivity index (χ0v) is 20.8. The van der Waals surface area contributed by atoms with Gasteiger partial charge in [0.15, 0.2) is 0 Å². The first kappa shape index (κ1) is 25.9. The Morgan fingerprint density at radius 2 is 0.925 bits per heavy atom. The van der Waals surface area contributed by atoms with Gasteiger partial charge in [-0.1, -0.05) is 24.3 Å². The number of phenolic OH excluding ortho intramolecular Hbond substituents is 2. The van der Waals surface area contributed by atoms with Gasteiger partial charge in [0.05, 0.1) is 35.2 Å². The summed E-state index contributed by atoms with van der Waals surface area (Å²) in [5, 5.41) is 46.5. The highest BCUT2D eigenvalue weighted by molar-refractivity contribution is 6.33. The molecule has 4 aromatic carbocycles. The van der Waals surface area contributed by atoms with Crippen molar-refractivity contribution in [1.82, 2.24) is 0 Å². The predicted octanol–water partition coefficient (Wildman–Crippen LogP) is 5.04. The molecule has 4 aromatic rings. The largest absolute Gasteiger partial charge is 0.506 e. The summed E-state index contributed by atoms with van der Waals surface area (Å²) < 4.78 is 10.2. The van der Waals surface area contributed by atoms with Crippen molar-refractivity contribution in [3.05, 3.63) is 103 Å². The normalized spacial score (nSPS) is 11.9. The number of nitro groups is 2. The number of fused-ring (bicyclic) bond motifs is 2. The van der Waals surface area contributed by atoms with E-state index in [1.807, 2.05) is 0 Å². The maximum absolute atomic E-state index is 13.9. The number of nitro benzene ring substituents is 2. The second kappa shape index (κ2) is 9.51. The second-order valence-corrected chi connectivity index (χ2v) is 8.71. The highest BCUT2D eigenvalue weighted by Gasteiger charge is 2.45. The lowest BCUT2D eigenvalue weighted by Crippen LogP contribution is -2.24. The first-order valence-corrected chi connectivity index (χ1v) is 11.6. The van der Waals surface area contributed by atoms with Gasteiger partial charge in [-0.25, -0.2) is 0 Å². The molecule has 0 aliphatic heterocycles. The highest BCUT2D eigenvalue weighted by Crippen LogP contribution is 2.49. The van der Waals surface area contributed by atoms with Crippen LogP contribution in [0.25, 0.3) is 22.3 Å². The number of nitrogens with zero attached hydrogens (tertiary/aromatic N) is 2. The van der Waals surface area contributed by atoms with E-state index < -0.39 is 66.5 Å². The average molecular weight is 542 g/mol. The van der Waals surface area contributed by atoms with Crippen LogP contribution in [0.15, 0.2) is 60.7 Å². The summed E-state index contributed by atoms with van der Waals surface area (Å²) in [7, 11) is 2.87. The average Bonchev–Trinajstić information content (AvgIpc) is 2.95. The van der Waals surface area contributed by atoms with Gasteiger partial charge in [0, 0.05) is 23.3 Å². The number of aromatic hydroxyl groups is 2. The maximum Gasteiger partial charge on any atom is 0.282 e. The zero-order chi connectivity index (χ0) is 28.9. The fraction of sp³-hybridized carbons (Fsp3) is 0.0714. The first-order valence-electron chi connectivity index (χ1n) is 11.6. The van der Waals surface area contributed by atoms with E-state index in [2.05, 4.69) is 0 Å². The Morgan fingerprint density at radius 1 is 0.600 bits per heavy atom. The molecule has 0 saturated heterocycles. The van der Waals surface area contributed by atoms with Gasteiger partial charge in [0.25, 0.3) is 11.4 Å². The predicted molar refractivity (Wildman–Crippen MR) is 140 cm³/mol. The molecule has 0 unspecified atom stereocenters. The van der Waals surface area contributed by atoms with Crippen molar-refractivity contribution >= 4 is 22.9 Å². The number of phenols is 2. The Balaban J connectivity index is 1.82. The van der Waals surface area contributed by atoms with Crippen LogP contribution in [-0.2, 0) is 0 Å². The molecule has 0 radical (unpaired) electrons. The Kier molecular flexibility index (Phi) is 6.15. The third kappa shape index (κ3) is 3.86. The molecule has 0 heterocycles. The Bertz CT molecular complexity index is 1630. The number of methoxy groups -OCH3 is 2. The molecular formula is C28H18N2O10. The molecule has 1 aliphatic carbocycles. The van der Waals surface area contributed by atoms with Gasteiger partial charge >= 0.3 is 0 Å². The van der Waals surface area contributed by atoms with Gasteiger partial charge in [-0.05, 0) is 35.4 Å². The van der Waals surface area contributed by atoms with E-state index in [9.17, 15) is 40.0 Å². The van der Waals surface area contributed by atoms with Crippen molar-refractivity contribution in [3.63, 3.8) is 0 Å². The lowest BCUT2D eigenvalue weighted by atomic mass is 9.78. The van der Waals surface area contributed by atoms with Crippen molar-refractivity contribution in [2.75, 3.05) is 14.2 Å². The molecule has 12 nitrogen and oxygen atoms in total. The van der Waals surface area contributed by atoms with Crippen molar-refractivity contribution in [1.29, 1.82) is 0 Å². The van der Waals surface area contributed by atoms with Crippen LogP contribution in [0.3, 0.4) is 0 Å². The molecule has 5 rings (SSSR count). The van der Waals surface area contributed by atoms with Crippen LogP contribution < -0.4 is 9.47 Å². The second-order valence-electron chi connectivity index (χ2n) is 8.71. The van der Waals surface area contributed by atoms with E-state index in [4.69, 9.17) is 9.47 Å². The third-order valence-electron chi connectivity index (χ3n) is 6.66. The number of hydrogen-bond donors (Lipinski definition) is 2. The minimum Gasteiger partial charge on any atom is -0.506 e. The van der Waals surface area contributed by atoms with Crippen LogP contribution in [0.2, 0.25) is 0 Å². The van der Waals surface area contributed by atoms with E-state index in [1.54, 1.807) is 0 Å². The van der Waals surface area contributed by atoms with Crippen LogP contribution >= 0.6 is 0 Å². The van der Waals surface area contributed by atoms with Gasteiger partial charge in [0.2, 0.25) is 11.6 Å². The molecule has 12 heteroatoms. The van der Waals surface area contributed by atoms with Crippen molar-refractivity contribution < 1.29 is 39.1 Å². The summed E-state index contributed by atoms with van der Waals surface area (Å²) in [4.78, 5) is 49.8. The van der Waals surface area contributed by atoms with Crippen LogP contribution in [0.5, 0.6) is 23.0 Å². The number of ether oxygens (including phenoxy) is 2. The fourth-order valence-corrected chi connectivity index (χ4v) is 4.74.